The van der Waals surface area contributed by atoms with E-state index < -0.39 is 0 Å². The highest BCUT2D eigenvalue weighted by molar-refractivity contribution is 6.32. The molecule has 2 aromatic rings. The summed E-state index contributed by atoms with van der Waals surface area (Å²) in [6.07, 6.45) is 5.21. The summed E-state index contributed by atoms with van der Waals surface area (Å²) in [6.45, 7) is 1.28. The lowest BCUT2D eigenvalue weighted by Gasteiger charge is -2.11. The van der Waals surface area contributed by atoms with Gasteiger partial charge in [0.15, 0.2) is 0 Å². The number of carbonyl (C=O) groups excluding carboxylic acids is 2. The number of anilines is 1. The van der Waals surface area contributed by atoms with Crippen molar-refractivity contribution < 1.29 is 14.3 Å². The molecule has 0 aliphatic carbocycles. The van der Waals surface area contributed by atoms with E-state index in [1.807, 2.05) is 18.2 Å². The van der Waals surface area contributed by atoms with Crippen molar-refractivity contribution in [2.75, 3.05) is 18.5 Å². The van der Waals surface area contributed by atoms with E-state index in [2.05, 4.69) is 10.6 Å². The smallest absolute Gasteiger partial charge is 0.251 e. The Labute approximate surface area is 163 Å². The van der Waals surface area contributed by atoms with Crippen molar-refractivity contribution in [1.82, 2.24) is 5.32 Å². The number of halogens is 1. The maximum atomic E-state index is 12.1. The SMILES string of the molecule is O=C(/C=C/c1ccccc1Cl)Nc1ccc(C(=O)NCC2CCCO2)cc1. The first-order valence-corrected chi connectivity index (χ1v) is 9.23. The fourth-order valence-electron chi connectivity index (χ4n) is 2.78. The van der Waals surface area contributed by atoms with E-state index in [9.17, 15) is 9.59 Å². The van der Waals surface area contributed by atoms with Crippen LogP contribution in [0.25, 0.3) is 6.08 Å². The average molecular weight is 385 g/mol. The van der Waals surface area contributed by atoms with Crippen molar-refractivity contribution in [2.45, 2.75) is 18.9 Å². The summed E-state index contributed by atoms with van der Waals surface area (Å²) in [4.78, 5) is 24.2. The number of carbonyl (C=O) groups is 2. The minimum Gasteiger partial charge on any atom is -0.376 e. The first kappa shape index (κ1) is 19.1. The van der Waals surface area contributed by atoms with Gasteiger partial charge in [0.1, 0.15) is 0 Å². The van der Waals surface area contributed by atoms with Gasteiger partial charge in [-0.2, -0.15) is 0 Å². The van der Waals surface area contributed by atoms with Gasteiger partial charge in [0, 0.05) is 35.5 Å². The number of hydrogen-bond donors (Lipinski definition) is 2. The first-order valence-electron chi connectivity index (χ1n) is 8.85. The second-order valence-corrected chi connectivity index (χ2v) is 6.67. The Morgan fingerprint density at radius 1 is 1.15 bits per heavy atom. The third-order valence-electron chi connectivity index (χ3n) is 4.25. The molecule has 2 amide bonds. The van der Waals surface area contributed by atoms with Gasteiger partial charge in [-0.1, -0.05) is 29.8 Å². The molecule has 3 rings (SSSR count). The molecular weight excluding hydrogens is 364 g/mol. The van der Waals surface area contributed by atoms with Crippen molar-refractivity contribution in [2.24, 2.45) is 0 Å². The fraction of sp³-hybridized carbons (Fsp3) is 0.238. The minimum absolute atomic E-state index is 0.109. The van der Waals surface area contributed by atoms with Crippen molar-refractivity contribution in [3.63, 3.8) is 0 Å². The van der Waals surface area contributed by atoms with Crippen LogP contribution in [-0.4, -0.2) is 31.1 Å². The molecule has 1 heterocycles. The van der Waals surface area contributed by atoms with Crippen molar-refractivity contribution in [3.8, 4) is 0 Å². The number of ether oxygens (including phenoxy) is 1. The van der Waals surface area contributed by atoms with Gasteiger partial charge in [-0.15, -0.1) is 0 Å². The molecule has 1 unspecified atom stereocenters. The van der Waals surface area contributed by atoms with Gasteiger partial charge in [0.25, 0.3) is 5.91 Å². The largest absolute Gasteiger partial charge is 0.376 e. The van der Waals surface area contributed by atoms with Crippen LogP contribution in [0.3, 0.4) is 0 Å². The summed E-state index contributed by atoms with van der Waals surface area (Å²) in [5.74, 6) is -0.424. The van der Waals surface area contributed by atoms with Crippen molar-refractivity contribution >= 4 is 35.2 Å². The summed E-state index contributed by atoms with van der Waals surface area (Å²) < 4.78 is 5.49. The van der Waals surface area contributed by atoms with Gasteiger partial charge < -0.3 is 15.4 Å². The Morgan fingerprint density at radius 2 is 1.93 bits per heavy atom. The van der Waals surface area contributed by atoms with Crippen LogP contribution in [0, 0.1) is 0 Å². The lowest BCUT2D eigenvalue weighted by Crippen LogP contribution is -2.31. The van der Waals surface area contributed by atoms with E-state index in [4.69, 9.17) is 16.3 Å². The summed E-state index contributed by atoms with van der Waals surface area (Å²) >= 11 is 6.05. The normalized spacial score (nSPS) is 16.4. The van der Waals surface area contributed by atoms with E-state index in [0.29, 0.717) is 22.8 Å². The molecule has 27 heavy (non-hydrogen) atoms. The Morgan fingerprint density at radius 3 is 2.63 bits per heavy atom. The quantitative estimate of drug-likeness (QED) is 0.742. The highest BCUT2D eigenvalue weighted by atomic mass is 35.5. The fourth-order valence-corrected chi connectivity index (χ4v) is 2.98. The van der Waals surface area contributed by atoms with Gasteiger partial charge in [-0.05, 0) is 54.8 Å². The number of nitrogens with one attached hydrogen (secondary N) is 2. The molecule has 1 saturated heterocycles. The molecule has 5 nitrogen and oxygen atoms in total. The number of amides is 2. The predicted molar refractivity (Wildman–Crippen MR) is 107 cm³/mol. The van der Waals surface area contributed by atoms with E-state index in [1.54, 1.807) is 36.4 Å². The second kappa shape index (κ2) is 9.35. The van der Waals surface area contributed by atoms with Crippen molar-refractivity contribution in [3.05, 3.63) is 70.8 Å². The Kier molecular flexibility index (Phi) is 6.63. The van der Waals surface area contributed by atoms with Crippen LogP contribution in [0.2, 0.25) is 5.02 Å². The van der Waals surface area contributed by atoms with E-state index in [-0.39, 0.29) is 17.9 Å². The van der Waals surface area contributed by atoms with Crippen LogP contribution < -0.4 is 10.6 Å². The maximum absolute atomic E-state index is 12.1. The molecule has 0 spiro atoms. The molecule has 1 fully saturated rings. The molecule has 1 atom stereocenters. The van der Waals surface area contributed by atoms with Gasteiger partial charge in [-0.3, -0.25) is 9.59 Å². The van der Waals surface area contributed by atoms with E-state index in [0.717, 1.165) is 25.0 Å². The van der Waals surface area contributed by atoms with Gasteiger partial charge in [0.05, 0.1) is 6.10 Å². The number of benzene rings is 2. The van der Waals surface area contributed by atoms with Crippen molar-refractivity contribution in [1.29, 1.82) is 0 Å². The summed E-state index contributed by atoms with van der Waals surface area (Å²) in [6, 6.07) is 14.0. The van der Waals surface area contributed by atoms with Crippen LogP contribution >= 0.6 is 11.6 Å². The summed E-state index contributed by atoms with van der Waals surface area (Å²) in [5.41, 5.74) is 1.92. The molecular formula is C21H21ClN2O3. The summed E-state index contributed by atoms with van der Waals surface area (Å²) in [7, 11) is 0. The molecule has 0 bridgehead atoms. The molecule has 140 valence electrons. The maximum Gasteiger partial charge on any atom is 0.251 e. The minimum atomic E-state index is -0.273. The molecule has 0 saturated carbocycles. The molecule has 1 aliphatic heterocycles. The standard InChI is InChI=1S/C21H21ClN2O3/c22-19-6-2-1-4-15(19)9-12-20(25)24-17-10-7-16(8-11-17)21(26)23-14-18-5-3-13-27-18/h1-2,4,6-12,18H,3,5,13-14H2,(H,23,26)(H,24,25)/b12-9+. The Balaban J connectivity index is 1.51. The Bertz CT molecular complexity index is 828. The van der Waals surface area contributed by atoms with Crippen LogP contribution in [0.4, 0.5) is 5.69 Å². The predicted octanol–water partition coefficient (Wildman–Crippen LogP) is 3.90. The lowest BCUT2D eigenvalue weighted by atomic mass is 10.1. The topological polar surface area (TPSA) is 67.4 Å². The van der Waals surface area contributed by atoms with Crippen LogP contribution in [0.5, 0.6) is 0 Å². The zero-order valence-corrected chi connectivity index (χ0v) is 15.5. The average Bonchev–Trinajstić information content (AvgIpc) is 3.20. The first-order chi connectivity index (χ1) is 13.1. The van der Waals surface area contributed by atoms with E-state index in [1.165, 1.54) is 6.08 Å². The molecule has 0 aromatic heterocycles. The highest BCUT2D eigenvalue weighted by Crippen LogP contribution is 2.16. The zero-order valence-electron chi connectivity index (χ0n) is 14.8. The van der Waals surface area contributed by atoms with Crippen LogP contribution in [0.1, 0.15) is 28.8 Å². The van der Waals surface area contributed by atoms with Gasteiger partial charge >= 0.3 is 0 Å². The van der Waals surface area contributed by atoms with Crippen LogP contribution in [-0.2, 0) is 9.53 Å². The number of hydrogen-bond acceptors (Lipinski definition) is 3. The highest BCUT2D eigenvalue weighted by Gasteiger charge is 2.16. The van der Waals surface area contributed by atoms with Gasteiger partial charge in [-0.25, -0.2) is 0 Å². The molecule has 2 aromatic carbocycles. The van der Waals surface area contributed by atoms with Crippen LogP contribution in [0.15, 0.2) is 54.6 Å². The second-order valence-electron chi connectivity index (χ2n) is 6.27. The molecule has 0 radical (unpaired) electrons. The van der Waals surface area contributed by atoms with Gasteiger partial charge in [0.2, 0.25) is 5.91 Å². The molecule has 2 N–H and O–H groups in total. The number of rotatable bonds is 6. The molecule has 6 heteroatoms. The zero-order chi connectivity index (χ0) is 19.1. The Hall–Kier alpha value is -2.63. The lowest BCUT2D eigenvalue weighted by molar-refractivity contribution is -0.111. The summed E-state index contributed by atoms with van der Waals surface area (Å²) in [5, 5.41) is 6.21. The monoisotopic (exact) mass is 384 g/mol. The van der Waals surface area contributed by atoms with E-state index >= 15 is 0 Å². The third-order valence-corrected chi connectivity index (χ3v) is 4.59. The molecule has 1 aliphatic rings. The third kappa shape index (κ3) is 5.67.